The van der Waals surface area contributed by atoms with Crippen LogP contribution in [0.25, 0.3) is 0 Å². The lowest BCUT2D eigenvalue weighted by atomic mass is 9.85. The van der Waals surface area contributed by atoms with Gasteiger partial charge in [-0.2, -0.15) is 0 Å². The van der Waals surface area contributed by atoms with E-state index in [1.807, 2.05) is 43.3 Å². The Labute approximate surface area is 171 Å². The number of amides is 1. The van der Waals surface area contributed by atoms with Gasteiger partial charge in [0.1, 0.15) is 0 Å². The molecule has 0 radical (unpaired) electrons. The van der Waals surface area contributed by atoms with Gasteiger partial charge >= 0.3 is 0 Å². The van der Waals surface area contributed by atoms with Gasteiger partial charge in [0.05, 0.1) is 12.2 Å². The molecule has 0 saturated carbocycles. The summed E-state index contributed by atoms with van der Waals surface area (Å²) >= 11 is 0. The van der Waals surface area contributed by atoms with Crippen LogP contribution in [-0.4, -0.2) is 30.2 Å². The third-order valence-electron chi connectivity index (χ3n) is 4.96. The number of hydrogen-bond donors (Lipinski definition) is 1. The van der Waals surface area contributed by atoms with Gasteiger partial charge in [-0.1, -0.05) is 60.7 Å². The van der Waals surface area contributed by atoms with E-state index < -0.39 is 0 Å². The molecule has 0 spiro atoms. The first-order valence-corrected chi connectivity index (χ1v) is 9.70. The minimum Gasteiger partial charge on any atom is -0.383 e. The lowest BCUT2D eigenvalue weighted by Crippen LogP contribution is -2.38. The summed E-state index contributed by atoms with van der Waals surface area (Å²) in [5.41, 5.74) is 2.57. The number of ether oxygens (including phenoxy) is 1. The highest BCUT2D eigenvalue weighted by Crippen LogP contribution is 2.28. The third kappa shape index (κ3) is 5.21. The molecule has 1 N–H and O–H groups in total. The Hall–Kier alpha value is -3.18. The summed E-state index contributed by atoms with van der Waals surface area (Å²) in [6.45, 7) is 2.82. The maximum atomic E-state index is 12.9. The van der Waals surface area contributed by atoms with E-state index in [-0.39, 0.29) is 23.4 Å². The van der Waals surface area contributed by atoms with Crippen molar-refractivity contribution in [2.24, 2.45) is 0 Å². The van der Waals surface area contributed by atoms with Crippen molar-refractivity contribution in [3.05, 3.63) is 106 Å². The molecule has 1 amide bonds. The lowest BCUT2D eigenvalue weighted by molar-refractivity contribution is 0.0935. The Morgan fingerprint density at radius 1 is 0.966 bits per heavy atom. The van der Waals surface area contributed by atoms with Crippen LogP contribution < -0.4 is 10.9 Å². The average Bonchev–Trinajstić information content (AvgIpc) is 2.75. The number of pyridine rings is 1. The Morgan fingerprint density at radius 2 is 1.55 bits per heavy atom. The van der Waals surface area contributed by atoms with E-state index in [2.05, 4.69) is 29.6 Å². The fourth-order valence-electron chi connectivity index (χ4n) is 3.49. The predicted octanol–water partition coefficient (Wildman–Crippen LogP) is 3.45. The second-order valence-corrected chi connectivity index (χ2v) is 7.00. The van der Waals surface area contributed by atoms with E-state index in [4.69, 9.17) is 4.74 Å². The van der Waals surface area contributed by atoms with Crippen molar-refractivity contribution in [3.8, 4) is 0 Å². The van der Waals surface area contributed by atoms with E-state index in [0.29, 0.717) is 18.7 Å². The molecule has 5 heteroatoms. The topological polar surface area (TPSA) is 60.3 Å². The molecular weight excluding hydrogens is 364 g/mol. The monoisotopic (exact) mass is 390 g/mol. The summed E-state index contributed by atoms with van der Waals surface area (Å²) in [6.07, 6.45) is 1.59. The van der Waals surface area contributed by atoms with Crippen LogP contribution in [-0.2, 0) is 11.3 Å². The minimum atomic E-state index is -0.208. The Kier molecular flexibility index (Phi) is 6.98. The number of benzene rings is 2. The molecule has 0 unspecified atom stereocenters. The molecule has 2 aromatic carbocycles. The van der Waals surface area contributed by atoms with Crippen LogP contribution in [0.4, 0.5) is 0 Å². The molecule has 0 aliphatic rings. The fourth-order valence-corrected chi connectivity index (χ4v) is 3.49. The highest BCUT2D eigenvalue weighted by Gasteiger charge is 2.23. The van der Waals surface area contributed by atoms with Gasteiger partial charge in [0.15, 0.2) is 0 Å². The lowest BCUT2D eigenvalue weighted by Gasteiger charge is -2.26. The van der Waals surface area contributed by atoms with Crippen LogP contribution in [0.1, 0.15) is 34.3 Å². The summed E-state index contributed by atoms with van der Waals surface area (Å²) < 4.78 is 6.53. The first kappa shape index (κ1) is 20.6. The molecule has 0 bridgehead atoms. The quantitative estimate of drug-likeness (QED) is 0.641. The molecule has 1 aromatic heterocycles. The second-order valence-electron chi connectivity index (χ2n) is 7.00. The van der Waals surface area contributed by atoms with E-state index in [0.717, 1.165) is 11.1 Å². The van der Waals surface area contributed by atoms with Gasteiger partial charge < -0.3 is 14.6 Å². The summed E-state index contributed by atoms with van der Waals surface area (Å²) in [7, 11) is 1.58. The van der Waals surface area contributed by atoms with Crippen molar-refractivity contribution in [3.63, 3.8) is 0 Å². The SMILES string of the molecule is COCCn1cc(C(=O)N[C@H](C)C(c2ccccc2)c2ccccc2)ccc1=O. The minimum absolute atomic E-state index is 0.0146. The Bertz CT molecular complexity index is 944. The maximum Gasteiger partial charge on any atom is 0.253 e. The molecule has 0 fully saturated rings. The van der Waals surface area contributed by atoms with Gasteiger partial charge in [-0.15, -0.1) is 0 Å². The van der Waals surface area contributed by atoms with E-state index in [9.17, 15) is 9.59 Å². The van der Waals surface area contributed by atoms with Gasteiger partial charge in [0, 0.05) is 37.9 Å². The summed E-state index contributed by atoms with van der Waals surface area (Å²) in [5.74, 6) is -0.193. The van der Waals surface area contributed by atoms with Gasteiger partial charge in [-0.05, 0) is 24.1 Å². The zero-order chi connectivity index (χ0) is 20.6. The average molecular weight is 390 g/mol. The number of methoxy groups -OCH3 is 1. The zero-order valence-electron chi connectivity index (χ0n) is 16.7. The predicted molar refractivity (Wildman–Crippen MR) is 114 cm³/mol. The first-order chi connectivity index (χ1) is 14.1. The van der Waals surface area contributed by atoms with Crippen LogP contribution >= 0.6 is 0 Å². The van der Waals surface area contributed by atoms with Crippen molar-refractivity contribution in [1.29, 1.82) is 0 Å². The molecule has 0 saturated heterocycles. The van der Waals surface area contributed by atoms with Gasteiger partial charge in [0.2, 0.25) is 0 Å². The highest BCUT2D eigenvalue weighted by atomic mass is 16.5. The number of nitrogens with zero attached hydrogens (tertiary/aromatic N) is 1. The van der Waals surface area contributed by atoms with Crippen LogP contribution in [0.15, 0.2) is 83.8 Å². The maximum absolute atomic E-state index is 12.9. The highest BCUT2D eigenvalue weighted by molar-refractivity contribution is 5.94. The van der Waals surface area contributed by atoms with Crippen LogP contribution in [0, 0.1) is 0 Å². The molecule has 0 aliphatic carbocycles. The molecule has 29 heavy (non-hydrogen) atoms. The van der Waals surface area contributed by atoms with Gasteiger partial charge in [-0.3, -0.25) is 9.59 Å². The molecule has 0 aliphatic heterocycles. The van der Waals surface area contributed by atoms with Gasteiger partial charge in [0.25, 0.3) is 11.5 Å². The molecule has 1 heterocycles. The van der Waals surface area contributed by atoms with Crippen molar-refractivity contribution in [2.75, 3.05) is 13.7 Å². The van der Waals surface area contributed by atoms with Crippen molar-refractivity contribution < 1.29 is 9.53 Å². The smallest absolute Gasteiger partial charge is 0.253 e. The van der Waals surface area contributed by atoms with Crippen molar-refractivity contribution in [2.45, 2.75) is 25.4 Å². The standard InChI is InChI=1S/C24H26N2O3/c1-18(23(19-9-5-3-6-10-19)20-11-7-4-8-12-20)25-24(28)21-13-14-22(27)26(17-21)15-16-29-2/h3-14,17-18,23H,15-16H2,1-2H3,(H,25,28)/t18-/m1/s1. The van der Waals surface area contributed by atoms with Crippen LogP contribution in [0.2, 0.25) is 0 Å². The molecule has 150 valence electrons. The number of carbonyl (C=O) groups is 1. The zero-order valence-corrected chi connectivity index (χ0v) is 16.7. The van der Waals surface area contributed by atoms with Crippen LogP contribution in [0.3, 0.4) is 0 Å². The number of rotatable bonds is 8. The Morgan fingerprint density at radius 3 is 2.10 bits per heavy atom. The number of nitrogens with one attached hydrogen (secondary N) is 1. The first-order valence-electron chi connectivity index (χ1n) is 9.70. The third-order valence-corrected chi connectivity index (χ3v) is 4.96. The number of hydrogen-bond acceptors (Lipinski definition) is 3. The van der Waals surface area contributed by atoms with E-state index in [1.165, 1.54) is 10.6 Å². The second kappa shape index (κ2) is 9.85. The summed E-state index contributed by atoms with van der Waals surface area (Å²) in [5, 5.41) is 3.11. The molecule has 3 aromatic rings. The Balaban J connectivity index is 1.84. The number of aromatic nitrogens is 1. The van der Waals surface area contributed by atoms with Gasteiger partial charge in [-0.25, -0.2) is 0 Å². The fraction of sp³-hybridized carbons (Fsp3) is 0.250. The van der Waals surface area contributed by atoms with Crippen molar-refractivity contribution in [1.82, 2.24) is 9.88 Å². The number of carbonyl (C=O) groups excluding carboxylic acids is 1. The molecule has 5 nitrogen and oxygen atoms in total. The summed E-state index contributed by atoms with van der Waals surface area (Å²) in [6, 6.07) is 23.1. The van der Waals surface area contributed by atoms with Crippen molar-refractivity contribution >= 4 is 5.91 Å². The molecular formula is C24H26N2O3. The molecule has 1 atom stereocenters. The molecule has 3 rings (SSSR count). The largest absolute Gasteiger partial charge is 0.383 e. The van der Waals surface area contributed by atoms with Crippen LogP contribution in [0.5, 0.6) is 0 Å². The summed E-state index contributed by atoms with van der Waals surface area (Å²) in [4.78, 5) is 24.9. The van der Waals surface area contributed by atoms with E-state index >= 15 is 0 Å². The van der Waals surface area contributed by atoms with E-state index in [1.54, 1.807) is 19.4 Å². The normalized spacial score (nSPS) is 12.0.